The van der Waals surface area contributed by atoms with Crippen molar-refractivity contribution in [3.8, 4) is 0 Å². The predicted octanol–water partition coefficient (Wildman–Crippen LogP) is 4.62. The van der Waals surface area contributed by atoms with Gasteiger partial charge in [-0.3, -0.25) is 14.3 Å². The van der Waals surface area contributed by atoms with Gasteiger partial charge >= 0.3 is 0 Å². The Labute approximate surface area is 199 Å². The highest BCUT2D eigenvalue weighted by molar-refractivity contribution is 6.05. The number of fused-ring (bicyclic) bond motifs is 1. The molecule has 8 heteroatoms. The van der Waals surface area contributed by atoms with Crippen molar-refractivity contribution in [1.29, 1.82) is 0 Å². The van der Waals surface area contributed by atoms with Gasteiger partial charge in [-0.15, -0.1) is 0 Å². The standard InChI is InChI=1S/C26H30N6O2/c1-5-6-25(33)27-20-9-7-19(8-10-20)26(34)28-21-11-12-23-22(16-21)29-24(31(23)4)13-14-32-18(3)15-17(2)30-32/h7-12,15-16H,5-6,13-14H2,1-4H3,(H,27,33)(H,28,34). The number of aromatic nitrogens is 4. The topological polar surface area (TPSA) is 93.8 Å². The summed E-state index contributed by atoms with van der Waals surface area (Å²) in [6.45, 7) is 6.77. The minimum Gasteiger partial charge on any atom is -0.331 e. The second kappa shape index (κ2) is 9.91. The molecular weight excluding hydrogens is 428 g/mol. The largest absolute Gasteiger partial charge is 0.331 e. The smallest absolute Gasteiger partial charge is 0.255 e. The molecule has 4 rings (SSSR count). The SMILES string of the molecule is CCCC(=O)Nc1ccc(C(=O)Nc2ccc3c(c2)nc(CCn2nc(C)cc2C)n3C)cc1. The van der Waals surface area contributed by atoms with E-state index >= 15 is 0 Å². The zero-order valence-electron chi connectivity index (χ0n) is 20.1. The molecule has 0 aliphatic rings. The normalized spacial score (nSPS) is 11.1. The van der Waals surface area contributed by atoms with Crippen LogP contribution in [0.3, 0.4) is 0 Å². The molecule has 2 amide bonds. The Hall–Kier alpha value is -3.94. The fraction of sp³-hybridized carbons (Fsp3) is 0.308. The number of nitrogens with one attached hydrogen (secondary N) is 2. The lowest BCUT2D eigenvalue weighted by Gasteiger charge is -2.08. The molecule has 2 aromatic heterocycles. The molecule has 8 nitrogen and oxygen atoms in total. The number of benzene rings is 2. The third-order valence-electron chi connectivity index (χ3n) is 5.79. The summed E-state index contributed by atoms with van der Waals surface area (Å²) in [6, 6.07) is 14.7. The summed E-state index contributed by atoms with van der Waals surface area (Å²) in [5.41, 5.74) is 5.86. The zero-order chi connectivity index (χ0) is 24.2. The van der Waals surface area contributed by atoms with Crippen LogP contribution in [0.15, 0.2) is 48.5 Å². The van der Waals surface area contributed by atoms with Gasteiger partial charge in [0.1, 0.15) is 5.82 Å². The second-order valence-corrected chi connectivity index (χ2v) is 8.52. The number of imidazole rings is 1. The van der Waals surface area contributed by atoms with Crippen LogP contribution in [0.5, 0.6) is 0 Å². The first kappa shape index (κ1) is 23.2. The first-order valence-corrected chi connectivity index (χ1v) is 11.5. The van der Waals surface area contributed by atoms with E-state index in [4.69, 9.17) is 4.98 Å². The molecule has 0 radical (unpaired) electrons. The van der Waals surface area contributed by atoms with Crippen LogP contribution in [0.2, 0.25) is 0 Å². The van der Waals surface area contributed by atoms with E-state index in [1.165, 1.54) is 0 Å². The van der Waals surface area contributed by atoms with Crippen LogP contribution in [-0.2, 0) is 24.8 Å². The van der Waals surface area contributed by atoms with Gasteiger partial charge in [0, 0.05) is 49.1 Å². The third-order valence-corrected chi connectivity index (χ3v) is 5.79. The molecule has 0 saturated carbocycles. The highest BCUT2D eigenvalue weighted by atomic mass is 16.2. The van der Waals surface area contributed by atoms with Gasteiger partial charge in [-0.05, 0) is 68.8 Å². The van der Waals surface area contributed by atoms with Crippen molar-refractivity contribution >= 4 is 34.2 Å². The van der Waals surface area contributed by atoms with Crippen molar-refractivity contribution in [2.24, 2.45) is 7.05 Å². The molecule has 34 heavy (non-hydrogen) atoms. The molecule has 0 unspecified atom stereocenters. The molecule has 2 heterocycles. The van der Waals surface area contributed by atoms with E-state index in [-0.39, 0.29) is 11.8 Å². The molecule has 0 aliphatic carbocycles. The lowest BCUT2D eigenvalue weighted by atomic mass is 10.1. The number of aryl methyl sites for hydroxylation is 5. The van der Waals surface area contributed by atoms with Crippen molar-refractivity contribution in [2.75, 3.05) is 10.6 Å². The average molecular weight is 459 g/mol. The quantitative estimate of drug-likeness (QED) is 0.403. The van der Waals surface area contributed by atoms with Crippen molar-refractivity contribution in [3.05, 3.63) is 71.3 Å². The van der Waals surface area contributed by atoms with Gasteiger partial charge in [-0.2, -0.15) is 5.10 Å². The van der Waals surface area contributed by atoms with Gasteiger partial charge in [0.15, 0.2) is 0 Å². The second-order valence-electron chi connectivity index (χ2n) is 8.52. The number of carbonyl (C=O) groups is 2. The number of hydrogen-bond donors (Lipinski definition) is 2. The van der Waals surface area contributed by atoms with Crippen molar-refractivity contribution in [1.82, 2.24) is 19.3 Å². The number of hydrogen-bond acceptors (Lipinski definition) is 4. The van der Waals surface area contributed by atoms with Crippen molar-refractivity contribution < 1.29 is 9.59 Å². The predicted molar refractivity (Wildman–Crippen MR) is 134 cm³/mol. The summed E-state index contributed by atoms with van der Waals surface area (Å²) in [7, 11) is 2.00. The Morgan fingerprint density at radius 2 is 1.71 bits per heavy atom. The summed E-state index contributed by atoms with van der Waals surface area (Å²) in [5.74, 6) is 0.718. The lowest BCUT2D eigenvalue weighted by Crippen LogP contribution is -2.13. The van der Waals surface area contributed by atoms with Gasteiger partial charge < -0.3 is 15.2 Å². The maximum absolute atomic E-state index is 12.7. The Bertz CT molecular complexity index is 1330. The third kappa shape index (κ3) is 5.17. The maximum Gasteiger partial charge on any atom is 0.255 e. The van der Waals surface area contributed by atoms with Gasteiger partial charge in [0.2, 0.25) is 5.91 Å². The lowest BCUT2D eigenvalue weighted by molar-refractivity contribution is -0.116. The van der Waals surface area contributed by atoms with E-state index in [1.807, 2.05) is 43.8 Å². The number of nitrogens with zero attached hydrogens (tertiary/aromatic N) is 4. The number of amides is 2. The molecule has 0 saturated heterocycles. The molecule has 0 aliphatic heterocycles. The van der Waals surface area contributed by atoms with E-state index < -0.39 is 0 Å². The van der Waals surface area contributed by atoms with E-state index in [9.17, 15) is 9.59 Å². The summed E-state index contributed by atoms with van der Waals surface area (Å²) in [5, 5.41) is 10.3. The van der Waals surface area contributed by atoms with E-state index in [0.29, 0.717) is 23.4 Å². The molecule has 0 atom stereocenters. The van der Waals surface area contributed by atoms with Crippen LogP contribution in [0.1, 0.15) is 47.3 Å². The van der Waals surface area contributed by atoms with Crippen molar-refractivity contribution in [3.63, 3.8) is 0 Å². The van der Waals surface area contributed by atoms with Crippen LogP contribution in [0.25, 0.3) is 11.0 Å². The Morgan fingerprint density at radius 1 is 0.971 bits per heavy atom. The van der Waals surface area contributed by atoms with Crippen molar-refractivity contribution in [2.45, 2.75) is 46.6 Å². The van der Waals surface area contributed by atoms with Crippen LogP contribution in [0.4, 0.5) is 11.4 Å². The molecule has 0 fully saturated rings. The van der Waals surface area contributed by atoms with E-state index in [0.717, 1.165) is 47.6 Å². The fourth-order valence-electron chi connectivity index (χ4n) is 4.02. The first-order chi connectivity index (χ1) is 16.3. The highest BCUT2D eigenvalue weighted by Gasteiger charge is 2.12. The van der Waals surface area contributed by atoms with Crippen LogP contribution >= 0.6 is 0 Å². The fourth-order valence-corrected chi connectivity index (χ4v) is 4.02. The summed E-state index contributed by atoms with van der Waals surface area (Å²) >= 11 is 0. The van der Waals surface area contributed by atoms with Gasteiger partial charge in [-0.1, -0.05) is 6.92 Å². The Balaban J connectivity index is 1.43. The molecular formula is C26H30N6O2. The summed E-state index contributed by atoms with van der Waals surface area (Å²) < 4.78 is 4.08. The molecule has 4 aromatic rings. The summed E-state index contributed by atoms with van der Waals surface area (Å²) in [4.78, 5) is 29.2. The zero-order valence-corrected chi connectivity index (χ0v) is 20.1. The van der Waals surface area contributed by atoms with E-state index in [2.05, 4.69) is 33.3 Å². The van der Waals surface area contributed by atoms with Gasteiger partial charge in [-0.25, -0.2) is 4.98 Å². The molecule has 0 spiro atoms. The maximum atomic E-state index is 12.7. The highest BCUT2D eigenvalue weighted by Crippen LogP contribution is 2.21. The monoisotopic (exact) mass is 458 g/mol. The molecule has 2 N–H and O–H groups in total. The average Bonchev–Trinajstić information content (AvgIpc) is 3.29. The molecule has 2 aromatic carbocycles. The Kier molecular flexibility index (Phi) is 6.77. The minimum absolute atomic E-state index is 0.0300. The first-order valence-electron chi connectivity index (χ1n) is 11.5. The minimum atomic E-state index is -0.216. The number of anilines is 2. The molecule has 176 valence electrons. The van der Waals surface area contributed by atoms with E-state index in [1.54, 1.807) is 24.3 Å². The van der Waals surface area contributed by atoms with Crippen LogP contribution < -0.4 is 10.6 Å². The summed E-state index contributed by atoms with van der Waals surface area (Å²) in [6.07, 6.45) is 2.02. The number of rotatable bonds is 8. The number of carbonyl (C=O) groups excluding carboxylic acids is 2. The van der Waals surface area contributed by atoms with Gasteiger partial charge in [0.25, 0.3) is 5.91 Å². The van der Waals surface area contributed by atoms with Gasteiger partial charge in [0.05, 0.1) is 16.7 Å². The van der Waals surface area contributed by atoms with Crippen LogP contribution in [-0.4, -0.2) is 31.1 Å². The van der Waals surface area contributed by atoms with Crippen LogP contribution in [0, 0.1) is 13.8 Å². The Morgan fingerprint density at radius 3 is 2.38 bits per heavy atom. The molecule has 0 bridgehead atoms.